The summed E-state index contributed by atoms with van der Waals surface area (Å²) in [5.74, 6) is -0.697. The third-order valence-electron chi connectivity index (χ3n) is 2.09. The molecule has 0 amide bonds. The van der Waals surface area contributed by atoms with Gasteiger partial charge in [-0.25, -0.2) is 4.79 Å². The number of nitrogens with zero attached hydrogens (tertiary/aromatic N) is 3. The lowest BCUT2D eigenvalue weighted by molar-refractivity contribution is -0.384. The van der Waals surface area contributed by atoms with Gasteiger partial charge in [-0.15, -0.1) is 0 Å². The SMILES string of the molecule is N#CCn1c(=O)oc2ccc([N+](=O)[O-])cc21. The first-order valence-corrected chi connectivity index (χ1v) is 4.28. The fraction of sp³-hybridized carbons (Fsp3) is 0.111. The minimum Gasteiger partial charge on any atom is -0.408 e. The average Bonchev–Trinajstić information content (AvgIpc) is 2.55. The normalized spacial score (nSPS) is 10.2. The van der Waals surface area contributed by atoms with Crippen LogP contribution in [0.5, 0.6) is 0 Å². The van der Waals surface area contributed by atoms with Gasteiger partial charge >= 0.3 is 5.76 Å². The van der Waals surface area contributed by atoms with Gasteiger partial charge in [-0.1, -0.05) is 0 Å². The van der Waals surface area contributed by atoms with Crippen molar-refractivity contribution in [1.82, 2.24) is 4.57 Å². The van der Waals surface area contributed by atoms with Crippen LogP contribution in [0.25, 0.3) is 11.1 Å². The van der Waals surface area contributed by atoms with Crippen molar-refractivity contribution >= 4 is 16.8 Å². The zero-order valence-corrected chi connectivity index (χ0v) is 7.91. The molecule has 0 atom stereocenters. The summed E-state index contributed by atoms with van der Waals surface area (Å²) < 4.78 is 5.86. The van der Waals surface area contributed by atoms with Crippen LogP contribution in [0.1, 0.15) is 0 Å². The summed E-state index contributed by atoms with van der Waals surface area (Å²) in [4.78, 5) is 21.3. The van der Waals surface area contributed by atoms with E-state index in [1.165, 1.54) is 18.2 Å². The van der Waals surface area contributed by atoms with Gasteiger partial charge in [0.15, 0.2) is 5.58 Å². The van der Waals surface area contributed by atoms with Crippen LogP contribution < -0.4 is 5.76 Å². The molecule has 0 aliphatic rings. The van der Waals surface area contributed by atoms with Crippen LogP contribution in [0.2, 0.25) is 0 Å². The summed E-state index contributed by atoms with van der Waals surface area (Å²) in [7, 11) is 0. The molecule has 0 aliphatic heterocycles. The molecule has 1 aromatic carbocycles. The summed E-state index contributed by atoms with van der Waals surface area (Å²) in [5, 5.41) is 19.1. The largest absolute Gasteiger partial charge is 0.420 e. The molecule has 7 heteroatoms. The number of aromatic nitrogens is 1. The Balaban J connectivity index is 2.75. The number of hydrogen-bond donors (Lipinski definition) is 0. The van der Waals surface area contributed by atoms with Crippen molar-refractivity contribution in [3.05, 3.63) is 38.9 Å². The van der Waals surface area contributed by atoms with Gasteiger partial charge < -0.3 is 4.42 Å². The summed E-state index contributed by atoms with van der Waals surface area (Å²) in [6.45, 7) is -0.201. The first-order chi connectivity index (χ1) is 7.63. The minimum atomic E-state index is -0.697. The number of nitro groups is 1. The van der Waals surface area contributed by atoms with E-state index in [2.05, 4.69) is 0 Å². The number of rotatable bonds is 2. The molecule has 0 N–H and O–H groups in total. The number of hydrogen-bond acceptors (Lipinski definition) is 5. The highest BCUT2D eigenvalue weighted by molar-refractivity contribution is 5.75. The Kier molecular flexibility index (Phi) is 2.17. The highest BCUT2D eigenvalue weighted by atomic mass is 16.6. The zero-order valence-electron chi connectivity index (χ0n) is 7.91. The predicted octanol–water partition coefficient (Wildman–Crippen LogP) is 1.03. The maximum Gasteiger partial charge on any atom is 0.420 e. The number of benzene rings is 1. The monoisotopic (exact) mass is 219 g/mol. The van der Waals surface area contributed by atoms with Crippen LogP contribution in [0.3, 0.4) is 0 Å². The van der Waals surface area contributed by atoms with Crippen LogP contribution in [-0.4, -0.2) is 9.49 Å². The molecule has 2 rings (SSSR count). The molecule has 0 aliphatic carbocycles. The maximum absolute atomic E-state index is 11.3. The smallest absolute Gasteiger partial charge is 0.408 e. The first-order valence-electron chi connectivity index (χ1n) is 4.28. The van der Waals surface area contributed by atoms with Gasteiger partial charge in [-0.2, -0.15) is 5.26 Å². The highest BCUT2D eigenvalue weighted by Crippen LogP contribution is 2.19. The first kappa shape index (κ1) is 9.92. The van der Waals surface area contributed by atoms with Crippen molar-refractivity contribution in [2.45, 2.75) is 6.54 Å². The summed E-state index contributed by atoms with van der Waals surface area (Å²) in [5.41, 5.74) is 0.326. The van der Waals surface area contributed by atoms with Gasteiger partial charge in [0.2, 0.25) is 0 Å². The summed E-state index contributed by atoms with van der Waals surface area (Å²) >= 11 is 0. The van der Waals surface area contributed by atoms with Crippen LogP contribution in [0.15, 0.2) is 27.4 Å². The van der Waals surface area contributed by atoms with E-state index in [1.807, 2.05) is 0 Å². The molecule has 0 spiro atoms. The molecule has 80 valence electrons. The van der Waals surface area contributed by atoms with E-state index < -0.39 is 10.7 Å². The molecular formula is C9H5N3O4. The summed E-state index contributed by atoms with van der Waals surface area (Å²) in [6, 6.07) is 5.56. The van der Waals surface area contributed by atoms with Crippen molar-refractivity contribution in [3.8, 4) is 6.07 Å². The molecule has 0 bridgehead atoms. The molecule has 0 saturated heterocycles. The summed E-state index contributed by atoms with van der Waals surface area (Å²) in [6.07, 6.45) is 0. The average molecular weight is 219 g/mol. The van der Waals surface area contributed by atoms with Gasteiger partial charge in [-0.3, -0.25) is 14.7 Å². The second-order valence-electron chi connectivity index (χ2n) is 3.02. The second-order valence-corrected chi connectivity index (χ2v) is 3.02. The lowest BCUT2D eigenvalue weighted by Gasteiger charge is -1.94. The van der Waals surface area contributed by atoms with E-state index in [0.29, 0.717) is 0 Å². The molecule has 2 aromatic rings. The Labute approximate surface area is 88.3 Å². The van der Waals surface area contributed by atoms with Crippen LogP contribution >= 0.6 is 0 Å². The number of non-ortho nitro benzene ring substituents is 1. The number of nitro benzene ring substituents is 1. The Morgan fingerprint density at radius 3 is 2.94 bits per heavy atom. The van der Waals surface area contributed by atoms with Crippen molar-refractivity contribution in [1.29, 1.82) is 5.26 Å². The van der Waals surface area contributed by atoms with Crippen LogP contribution in [-0.2, 0) is 6.54 Å². The fourth-order valence-electron chi connectivity index (χ4n) is 1.38. The van der Waals surface area contributed by atoms with Crippen molar-refractivity contribution in [3.63, 3.8) is 0 Å². The lowest BCUT2D eigenvalue weighted by Crippen LogP contribution is -2.12. The topological polar surface area (TPSA) is 102 Å². The van der Waals surface area contributed by atoms with E-state index in [4.69, 9.17) is 9.68 Å². The molecule has 0 unspecified atom stereocenters. The Morgan fingerprint density at radius 1 is 1.56 bits per heavy atom. The Morgan fingerprint density at radius 2 is 2.31 bits per heavy atom. The second kappa shape index (κ2) is 3.51. The highest BCUT2D eigenvalue weighted by Gasteiger charge is 2.13. The van der Waals surface area contributed by atoms with E-state index in [1.54, 1.807) is 6.07 Å². The van der Waals surface area contributed by atoms with Crippen LogP contribution in [0.4, 0.5) is 5.69 Å². The third kappa shape index (κ3) is 1.42. The molecular weight excluding hydrogens is 214 g/mol. The molecule has 0 saturated carbocycles. The molecule has 16 heavy (non-hydrogen) atoms. The van der Waals surface area contributed by atoms with E-state index in [-0.39, 0.29) is 23.3 Å². The van der Waals surface area contributed by atoms with Gasteiger partial charge in [0.25, 0.3) is 5.69 Å². The van der Waals surface area contributed by atoms with Crippen molar-refractivity contribution in [2.75, 3.05) is 0 Å². The molecule has 0 radical (unpaired) electrons. The Hall–Kier alpha value is -2.62. The van der Waals surface area contributed by atoms with E-state index in [0.717, 1.165) is 4.57 Å². The van der Waals surface area contributed by atoms with Crippen molar-refractivity contribution < 1.29 is 9.34 Å². The predicted molar refractivity (Wildman–Crippen MR) is 52.7 cm³/mol. The van der Waals surface area contributed by atoms with Gasteiger partial charge in [0, 0.05) is 12.1 Å². The van der Waals surface area contributed by atoms with Crippen LogP contribution in [0, 0.1) is 21.4 Å². The van der Waals surface area contributed by atoms with E-state index in [9.17, 15) is 14.9 Å². The van der Waals surface area contributed by atoms with Gasteiger partial charge in [0.05, 0.1) is 16.5 Å². The van der Waals surface area contributed by atoms with Gasteiger partial charge in [-0.05, 0) is 6.07 Å². The number of oxazole rings is 1. The fourth-order valence-corrected chi connectivity index (χ4v) is 1.38. The minimum absolute atomic E-state index is 0.153. The van der Waals surface area contributed by atoms with Gasteiger partial charge in [0.1, 0.15) is 6.54 Å². The van der Waals surface area contributed by atoms with Crippen molar-refractivity contribution in [2.24, 2.45) is 0 Å². The standard InChI is InChI=1S/C9H5N3O4/c10-3-4-11-7-5-6(12(14)15)1-2-8(7)16-9(11)13/h1-2,5H,4H2. The molecule has 1 aromatic heterocycles. The van der Waals surface area contributed by atoms with E-state index >= 15 is 0 Å². The zero-order chi connectivity index (χ0) is 11.7. The number of fused-ring (bicyclic) bond motifs is 1. The lowest BCUT2D eigenvalue weighted by atomic mass is 10.3. The Bertz CT molecular complexity index is 661. The number of nitriles is 1. The molecule has 7 nitrogen and oxygen atoms in total. The molecule has 1 heterocycles. The quantitative estimate of drug-likeness (QED) is 0.554. The third-order valence-corrected chi connectivity index (χ3v) is 2.09. The molecule has 0 fully saturated rings. The maximum atomic E-state index is 11.3.